The lowest BCUT2D eigenvalue weighted by molar-refractivity contribution is -0.132. The molecule has 0 saturated heterocycles. The lowest BCUT2D eigenvalue weighted by atomic mass is 9.96. The summed E-state index contributed by atoms with van der Waals surface area (Å²) in [7, 11) is 0. The number of amides is 1. The summed E-state index contributed by atoms with van der Waals surface area (Å²) in [5.74, 6) is 0.911. The third kappa shape index (κ3) is 5.16. The van der Waals surface area contributed by atoms with Crippen LogP contribution in [-0.2, 0) is 11.3 Å². The lowest BCUT2D eigenvalue weighted by Crippen LogP contribution is -2.32. The zero-order valence-electron chi connectivity index (χ0n) is 13.1. The first-order chi connectivity index (χ1) is 10.2. The second-order valence-corrected chi connectivity index (χ2v) is 6.13. The van der Waals surface area contributed by atoms with Crippen LogP contribution in [0.25, 0.3) is 0 Å². The first-order valence-corrected chi connectivity index (χ1v) is 8.28. The van der Waals surface area contributed by atoms with Gasteiger partial charge in [0.15, 0.2) is 0 Å². The minimum atomic E-state index is 0.317. The number of nitrogens with two attached hydrogens (primary N) is 1. The normalized spacial score (nSPS) is 15.7. The van der Waals surface area contributed by atoms with E-state index in [1.807, 2.05) is 18.2 Å². The van der Waals surface area contributed by atoms with Gasteiger partial charge in [0.2, 0.25) is 5.91 Å². The quantitative estimate of drug-likeness (QED) is 0.757. The van der Waals surface area contributed by atoms with Crippen molar-refractivity contribution >= 4 is 5.91 Å². The number of carbonyl (C=O) groups is 1. The van der Waals surface area contributed by atoms with Crippen LogP contribution in [-0.4, -0.2) is 23.4 Å². The van der Waals surface area contributed by atoms with Crippen LogP contribution in [0.4, 0.5) is 0 Å². The molecule has 0 heterocycles. The first-order valence-electron chi connectivity index (χ1n) is 8.28. The molecule has 1 unspecified atom stereocenters. The van der Waals surface area contributed by atoms with E-state index < -0.39 is 0 Å². The third-order valence-electron chi connectivity index (χ3n) is 4.42. The molecule has 0 aliphatic heterocycles. The Morgan fingerprint density at radius 1 is 1.29 bits per heavy atom. The molecule has 1 aromatic rings. The molecule has 2 rings (SSSR count). The van der Waals surface area contributed by atoms with Crippen LogP contribution in [0.1, 0.15) is 51.0 Å². The highest BCUT2D eigenvalue weighted by Crippen LogP contribution is 2.29. The topological polar surface area (TPSA) is 46.3 Å². The maximum absolute atomic E-state index is 12.5. The van der Waals surface area contributed by atoms with E-state index in [0.29, 0.717) is 24.3 Å². The summed E-state index contributed by atoms with van der Waals surface area (Å²) in [6.07, 6.45) is 6.13. The van der Waals surface area contributed by atoms with E-state index in [4.69, 9.17) is 5.73 Å². The van der Waals surface area contributed by atoms with E-state index in [0.717, 1.165) is 32.4 Å². The van der Waals surface area contributed by atoms with E-state index in [9.17, 15) is 4.79 Å². The predicted octanol–water partition coefficient (Wildman–Crippen LogP) is 3.33. The van der Waals surface area contributed by atoms with Gasteiger partial charge in [0.1, 0.15) is 0 Å². The van der Waals surface area contributed by atoms with Gasteiger partial charge in [0, 0.05) is 19.0 Å². The highest BCUT2D eigenvalue weighted by molar-refractivity contribution is 5.76. The van der Waals surface area contributed by atoms with Crippen molar-refractivity contribution in [3.63, 3.8) is 0 Å². The fraction of sp³-hybridized carbons (Fsp3) is 0.611. The Balaban J connectivity index is 1.87. The number of rotatable bonds is 9. The molecular formula is C18H28N2O. The zero-order valence-corrected chi connectivity index (χ0v) is 13.1. The summed E-state index contributed by atoms with van der Waals surface area (Å²) in [5.41, 5.74) is 6.86. The van der Waals surface area contributed by atoms with Crippen molar-refractivity contribution in [2.45, 2.75) is 58.0 Å². The van der Waals surface area contributed by atoms with E-state index in [2.05, 4.69) is 24.0 Å². The Morgan fingerprint density at radius 3 is 2.57 bits per heavy atom. The molecule has 0 aromatic heterocycles. The smallest absolute Gasteiger partial charge is 0.223 e. The molecule has 1 atom stereocenters. The molecule has 0 bridgehead atoms. The van der Waals surface area contributed by atoms with Gasteiger partial charge < -0.3 is 10.6 Å². The van der Waals surface area contributed by atoms with Crippen molar-refractivity contribution in [1.29, 1.82) is 0 Å². The SMILES string of the molecule is CCC(CCN)CCC(=O)N(Cc1ccccc1)C1CC1. The Hall–Kier alpha value is -1.35. The Bertz CT molecular complexity index is 428. The molecule has 21 heavy (non-hydrogen) atoms. The molecule has 1 fully saturated rings. The predicted molar refractivity (Wildman–Crippen MR) is 86.7 cm³/mol. The van der Waals surface area contributed by atoms with Crippen molar-refractivity contribution in [3.8, 4) is 0 Å². The van der Waals surface area contributed by atoms with Gasteiger partial charge in [0.25, 0.3) is 0 Å². The van der Waals surface area contributed by atoms with Crippen molar-refractivity contribution in [1.82, 2.24) is 4.90 Å². The minimum absolute atomic E-state index is 0.317. The number of hydrogen-bond acceptors (Lipinski definition) is 2. The molecule has 1 aliphatic carbocycles. The van der Waals surface area contributed by atoms with E-state index >= 15 is 0 Å². The fourth-order valence-corrected chi connectivity index (χ4v) is 2.85. The van der Waals surface area contributed by atoms with Gasteiger partial charge in [0.05, 0.1) is 0 Å². The Labute approximate surface area is 128 Å². The second kappa shape index (κ2) is 8.18. The van der Waals surface area contributed by atoms with Gasteiger partial charge in [-0.25, -0.2) is 0 Å². The molecule has 0 radical (unpaired) electrons. The summed E-state index contributed by atoms with van der Waals surface area (Å²) in [5, 5.41) is 0. The average Bonchev–Trinajstić information content (AvgIpc) is 3.34. The van der Waals surface area contributed by atoms with E-state index in [-0.39, 0.29) is 0 Å². The lowest BCUT2D eigenvalue weighted by Gasteiger charge is -2.24. The van der Waals surface area contributed by atoms with Crippen LogP contribution in [0.2, 0.25) is 0 Å². The highest BCUT2D eigenvalue weighted by atomic mass is 16.2. The maximum Gasteiger partial charge on any atom is 0.223 e. The van der Waals surface area contributed by atoms with Crippen LogP contribution < -0.4 is 5.73 Å². The van der Waals surface area contributed by atoms with Gasteiger partial charge >= 0.3 is 0 Å². The van der Waals surface area contributed by atoms with Crippen LogP contribution in [0.3, 0.4) is 0 Å². The fourth-order valence-electron chi connectivity index (χ4n) is 2.85. The van der Waals surface area contributed by atoms with E-state index in [1.54, 1.807) is 0 Å². The molecule has 0 spiro atoms. The standard InChI is InChI=1S/C18H28N2O/c1-2-15(12-13-19)8-11-18(21)20(17-9-10-17)14-16-6-4-3-5-7-16/h3-7,15,17H,2,8-14,19H2,1H3. The van der Waals surface area contributed by atoms with Crippen molar-refractivity contribution in [2.24, 2.45) is 11.7 Å². The molecule has 3 nitrogen and oxygen atoms in total. The Kier molecular flexibility index (Phi) is 6.24. The van der Waals surface area contributed by atoms with Crippen molar-refractivity contribution in [2.75, 3.05) is 6.54 Å². The summed E-state index contributed by atoms with van der Waals surface area (Å²) in [6.45, 7) is 3.68. The van der Waals surface area contributed by atoms with Gasteiger partial charge in [-0.2, -0.15) is 0 Å². The molecule has 1 amide bonds. The number of benzene rings is 1. The molecule has 3 heteroatoms. The van der Waals surface area contributed by atoms with Crippen LogP contribution in [0, 0.1) is 5.92 Å². The Morgan fingerprint density at radius 2 is 2.00 bits per heavy atom. The maximum atomic E-state index is 12.5. The minimum Gasteiger partial charge on any atom is -0.335 e. The summed E-state index contributed by atoms with van der Waals surface area (Å²) in [4.78, 5) is 14.6. The average molecular weight is 288 g/mol. The van der Waals surface area contributed by atoms with Gasteiger partial charge in [-0.1, -0.05) is 43.7 Å². The number of carbonyl (C=O) groups excluding carboxylic acids is 1. The van der Waals surface area contributed by atoms with Gasteiger partial charge in [-0.15, -0.1) is 0 Å². The molecule has 2 N–H and O–H groups in total. The number of nitrogens with zero attached hydrogens (tertiary/aromatic N) is 1. The molecule has 116 valence electrons. The van der Waals surface area contributed by atoms with Gasteiger partial charge in [-0.3, -0.25) is 4.79 Å². The van der Waals surface area contributed by atoms with Crippen LogP contribution in [0.5, 0.6) is 0 Å². The van der Waals surface area contributed by atoms with E-state index in [1.165, 1.54) is 18.4 Å². The third-order valence-corrected chi connectivity index (χ3v) is 4.42. The van der Waals surface area contributed by atoms with Gasteiger partial charge in [-0.05, 0) is 43.7 Å². The first kappa shape index (κ1) is 16.0. The summed E-state index contributed by atoms with van der Waals surface area (Å²) in [6, 6.07) is 10.8. The summed E-state index contributed by atoms with van der Waals surface area (Å²) < 4.78 is 0. The second-order valence-electron chi connectivity index (χ2n) is 6.13. The van der Waals surface area contributed by atoms with Crippen LogP contribution in [0.15, 0.2) is 30.3 Å². The molecule has 1 saturated carbocycles. The van der Waals surface area contributed by atoms with Crippen molar-refractivity contribution in [3.05, 3.63) is 35.9 Å². The van der Waals surface area contributed by atoms with Crippen LogP contribution >= 0.6 is 0 Å². The molecular weight excluding hydrogens is 260 g/mol. The summed E-state index contributed by atoms with van der Waals surface area (Å²) >= 11 is 0. The largest absolute Gasteiger partial charge is 0.335 e. The highest BCUT2D eigenvalue weighted by Gasteiger charge is 2.32. The monoisotopic (exact) mass is 288 g/mol. The van der Waals surface area contributed by atoms with Crippen molar-refractivity contribution < 1.29 is 4.79 Å². The molecule has 1 aromatic carbocycles. The zero-order chi connectivity index (χ0) is 15.1. The number of hydrogen-bond donors (Lipinski definition) is 1. The molecule has 1 aliphatic rings.